The summed E-state index contributed by atoms with van der Waals surface area (Å²) in [4.78, 5) is 28.5. The Morgan fingerprint density at radius 2 is 2.16 bits per heavy atom. The summed E-state index contributed by atoms with van der Waals surface area (Å²) in [5.41, 5.74) is 3.44. The van der Waals surface area contributed by atoms with Crippen molar-refractivity contribution in [1.82, 2.24) is 9.88 Å². The molecule has 2 atom stereocenters. The molecule has 19 heavy (non-hydrogen) atoms. The molecule has 0 saturated carbocycles. The van der Waals surface area contributed by atoms with E-state index >= 15 is 0 Å². The van der Waals surface area contributed by atoms with Crippen molar-refractivity contribution in [2.75, 3.05) is 0 Å². The highest BCUT2D eigenvalue weighted by Gasteiger charge is 2.42. The van der Waals surface area contributed by atoms with E-state index in [-0.39, 0.29) is 18.0 Å². The summed E-state index contributed by atoms with van der Waals surface area (Å²) >= 11 is 0. The predicted molar refractivity (Wildman–Crippen MR) is 70.7 cm³/mol. The number of fused-ring (bicyclic) bond motifs is 5. The van der Waals surface area contributed by atoms with Crippen LogP contribution in [0.4, 0.5) is 0 Å². The van der Waals surface area contributed by atoms with Crippen LogP contribution in [-0.2, 0) is 16.0 Å². The summed E-state index contributed by atoms with van der Waals surface area (Å²) in [7, 11) is 0. The van der Waals surface area contributed by atoms with Gasteiger partial charge in [0.05, 0.1) is 12.1 Å². The molecule has 1 saturated heterocycles. The van der Waals surface area contributed by atoms with Gasteiger partial charge in [-0.15, -0.1) is 0 Å². The second-order valence-electron chi connectivity index (χ2n) is 5.33. The monoisotopic (exact) mass is 254 g/mol. The number of aromatic nitrogens is 1. The van der Waals surface area contributed by atoms with Crippen molar-refractivity contribution in [1.29, 1.82) is 0 Å². The van der Waals surface area contributed by atoms with E-state index in [0.29, 0.717) is 12.8 Å². The fraction of sp³-hybridized carbons (Fsp3) is 0.333. The van der Waals surface area contributed by atoms with Crippen LogP contribution in [0.1, 0.15) is 30.1 Å². The molecule has 0 bridgehead atoms. The summed E-state index contributed by atoms with van der Waals surface area (Å²) in [6, 6.07) is 7.90. The number of hydrogen-bond donors (Lipinski definition) is 1. The van der Waals surface area contributed by atoms with E-state index in [1.54, 1.807) is 4.90 Å². The number of hydrogen-bond acceptors (Lipinski definition) is 2. The highest BCUT2D eigenvalue weighted by molar-refractivity contribution is 5.89. The largest absolute Gasteiger partial charge is 0.356 e. The highest BCUT2D eigenvalue weighted by Crippen LogP contribution is 2.42. The number of rotatable bonds is 1. The zero-order chi connectivity index (χ0) is 13.0. The molecule has 3 heterocycles. The topological polar surface area (TPSA) is 53.2 Å². The van der Waals surface area contributed by atoms with Gasteiger partial charge in [0.2, 0.25) is 5.91 Å². The lowest BCUT2D eigenvalue weighted by molar-refractivity contribution is -0.135. The van der Waals surface area contributed by atoms with Crippen molar-refractivity contribution in [3.05, 3.63) is 35.5 Å². The lowest BCUT2D eigenvalue weighted by Crippen LogP contribution is -2.43. The Kier molecular flexibility index (Phi) is 2.10. The lowest BCUT2D eigenvalue weighted by Gasteiger charge is -2.34. The van der Waals surface area contributed by atoms with Gasteiger partial charge in [0.15, 0.2) is 0 Å². The van der Waals surface area contributed by atoms with Crippen molar-refractivity contribution >= 4 is 23.1 Å². The number of benzene rings is 1. The molecule has 0 aliphatic carbocycles. The first-order valence-corrected chi connectivity index (χ1v) is 6.65. The molecule has 1 amide bonds. The average molecular weight is 254 g/mol. The molecule has 2 aliphatic heterocycles. The fourth-order valence-corrected chi connectivity index (χ4v) is 3.55. The second kappa shape index (κ2) is 3.70. The number of para-hydroxylation sites is 1. The smallest absolute Gasteiger partial charge is 0.223 e. The molecule has 2 aromatic rings. The summed E-state index contributed by atoms with van der Waals surface area (Å²) in [6.07, 6.45) is 2.90. The van der Waals surface area contributed by atoms with Gasteiger partial charge in [-0.25, -0.2) is 0 Å². The Balaban J connectivity index is 1.95. The van der Waals surface area contributed by atoms with E-state index in [1.807, 2.05) is 18.2 Å². The van der Waals surface area contributed by atoms with Crippen LogP contribution in [0.15, 0.2) is 24.3 Å². The first kappa shape index (κ1) is 10.8. The molecule has 2 aliphatic rings. The normalized spacial score (nSPS) is 25.5. The van der Waals surface area contributed by atoms with Crippen LogP contribution in [0.25, 0.3) is 10.9 Å². The van der Waals surface area contributed by atoms with Gasteiger partial charge in [-0.05, 0) is 18.1 Å². The molecular formula is C15H14N2O2. The van der Waals surface area contributed by atoms with Gasteiger partial charge in [0.1, 0.15) is 6.29 Å². The summed E-state index contributed by atoms with van der Waals surface area (Å²) in [6.45, 7) is 0. The Bertz CT molecular complexity index is 689. The Labute approximate surface area is 110 Å². The number of H-pyrrole nitrogens is 1. The Morgan fingerprint density at radius 3 is 3.00 bits per heavy atom. The van der Waals surface area contributed by atoms with Crippen LogP contribution < -0.4 is 0 Å². The van der Waals surface area contributed by atoms with Crippen molar-refractivity contribution in [2.24, 2.45) is 0 Å². The standard InChI is InChI=1S/C15H14N2O2/c18-8-9-7-11-10-3-1-2-4-12(10)16-15(11)13-5-6-14(19)17(9)13/h1-4,8-9,13,16H,5-7H2/t9-,13+/m0/s1. The van der Waals surface area contributed by atoms with E-state index in [9.17, 15) is 9.59 Å². The van der Waals surface area contributed by atoms with E-state index in [1.165, 1.54) is 10.9 Å². The van der Waals surface area contributed by atoms with Crippen molar-refractivity contribution in [3.63, 3.8) is 0 Å². The maximum Gasteiger partial charge on any atom is 0.223 e. The van der Waals surface area contributed by atoms with Crippen molar-refractivity contribution in [3.8, 4) is 0 Å². The first-order valence-electron chi connectivity index (χ1n) is 6.65. The number of amides is 1. The van der Waals surface area contributed by atoms with Gasteiger partial charge in [0, 0.05) is 29.4 Å². The van der Waals surface area contributed by atoms with Gasteiger partial charge >= 0.3 is 0 Å². The molecule has 1 N–H and O–H groups in total. The van der Waals surface area contributed by atoms with E-state index in [4.69, 9.17) is 0 Å². The summed E-state index contributed by atoms with van der Waals surface area (Å²) in [5.74, 6) is 0.103. The van der Waals surface area contributed by atoms with Gasteiger partial charge < -0.3 is 14.7 Å². The maximum atomic E-state index is 12.0. The van der Waals surface area contributed by atoms with E-state index in [2.05, 4.69) is 11.1 Å². The molecule has 1 fully saturated rings. The third-order valence-electron chi connectivity index (χ3n) is 4.36. The Hall–Kier alpha value is -2.10. The number of carbonyl (C=O) groups is 2. The molecule has 0 radical (unpaired) electrons. The number of aldehydes is 1. The van der Waals surface area contributed by atoms with Gasteiger partial charge in [-0.2, -0.15) is 0 Å². The quantitative estimate of drug-likeness (QED) is 0.791. The van der Waals surface area contributed by atoms with Crippen LogP contribution in [0.3, 0.4) is 0 Å². The molecule has 1 aromatic carbocycles. The van der Waals surface area contributed by atoms with E-state index in [0.717, 1.165) is 23.9 Å². The first-order chi connectivity index (χ1) is 9.29. The zero-order valence-electron chi connectivity index (χ0n) is 10.4. The minimum Gasteiger partial charge on any atom is -0.356 e. The number of nitrogens with zero attached hydrogens (tertiary/aromatic N) is 1. The Morgan fingerprint density at radius 1 is 1.32 bits per heavy atom. The number of carbonyl (C=O) groups excluding carboxylic acids is 2. The minimum absolute atomic E-state index is 0.0545. The fourth-order valence-electron chi connectivity index (χ4n) is 3.55. The second-order valence-corrected chi connectivity index (χ2v) is 5.33. The third-order valence-corrected chi connectivity index (χ3v) is 4.36. The zero-order valence-corrected chi connectivity index (χ0v) is 10.4. The molecule has 4 rings (SSSR count). The molecule has 0 spiro atoms. The molecule has 1 aromatic heterocycles. The molecule has 0 unspecified atom stereocenters. The molecule has 4 nitrogen and oxygen atoms in total. The lowest BCUT2D eigenvalue weighted by atomic mass is 9.93. The van der Waals surface area contributed by atoms with Gasteiger partial charge in [-0.3, -0.25) is 4.79 Å². The average Bonchev–Trinajstić information content (AvgIpc) is 2.99. The van der Waals surface area contributed by atoms with Gasteiger partial charge in [-0.1, -0.05) is 18.2 Å². The van der Waals surface area contributed by atoms with Crippen LogP contribution in [0.5, 0.6) is 0 Å². The maximum absolute atomic E-state index is 12.0. The van der Waals surface area contributed by atoms with E-state index < -0.39 is 0 Å². The highest BCUT2D eigenvalue weighted by atomic mass is 16.2. The minimum atomic E-state index is -0.299. The number of nitrogens with one attached hydrogen (secondary N) is 1. The number of aromatic amines is 1. The molecular weight excluding hydrogens is 240 g/mol. The summed E-state index contributed by atoms with van der Waals surface area (Å²) < 4.78 is 0. The predicted octanol–water partition coefficient (Wildman–Crippen LogP) is 1.95. The molecule has 4 heteroatoms. The molecule has 96 valence electrons. The van der Waals surface area contributed by atoms with Gasteiger partial charge in [0.25, 0.3) is 0 Å². The van der Waals surface area contributed by atoms with Crippen molar-refractivity contribution in [2.45, 2.75) is 31.3 Å². The third kappa shape index (κ3) is 1.34. The van der Waals surface area contributed by atoms with Crippen LogP contribution in [0.2, 0.25) is 0 Å². The van der Waals surface area contributed by atoms with Crippen molar-refractivity contribution < 1.29 is 9.59 Å². The van der Waals surface area contributed by atoms with Crippen LogP contribution in [-0.4, -0.2) is 28.1 Å². The summed E-state index contributed by atoms with van der Waals surface area (Å²) in [5, 5.41) is 1.18. The SMILES string of the molecule is O=C[C@@H]1Cc2c([nH]c3ccccc23)[C@H]2CCC(=O)N12. The van der Waals surface area contributed by atoms with Crippen LogP contribution >= 0.6 is 0 Å². The van der Waals surface area contributed by atoms with Crippen LogP contribution in [0, 0.1) is 0 Å².